The van der Waals surface area contributed by atoms with Crippen molar-refractivity contribution in [2.45, 2.75) is 47.5 Å². The monoisotopic (exact) mass is 303 g/mol. The van der Waals surface area contributed by atoms with Crippen LogP contribution in [0.4, 0.5) is 5.69 Å². The molecule has 0 saturated carbocycles. The average molecular weight is 303 g/mol. The molecule has 22 heavy (non-hydrogen) atoms. The van der Waals surface area contributed by atoms with E-state index >= 15 is 0 Å². The molecule has 0 aliphatic rings. The zero-order chi connectivity index (χ0) is 16.7. The first-order valence-electron chi connectivity index (χ1n) is 7.49. The zero-order valence-electron chi connectivity index (χ0n) is 14.1. The van der Waals surface area contributed by atoms with E-state index in [2.05, 4.69) is 32.9 Å². The fourth-order valence-electron chi connectivity index (χ4n) is 2.10. The number of nitro groups is 1. The molecule has 0 saturated heterocycles. The van der Waals surface area contributed by atoms with Crippen LogP contribution in [0.15, 0.2) is 35.4 Å². The average Bonchev–Trinajstić information content (AvgIpc) is 2.42. The van der Waals surface area contributed by atoms with Crippen LogP contribution < -0.4 is 4.74 Å². The lowest BCUT2D eigenvalue weighted by molar-refractivity contribution is -0.385. The Hall–Kier alpha value is -2.10. The maximum absolute atomic E-state index is 10.9. The van der Waals surface area contributed by atoms with Gasteiger partial charge in [0.05, 0.1) is 4.92 Å². The Balaban J connectivity index is 2.63. The highest BCUT2D eigenvalue weighted by Crippen LogP contribution is 2.28. The fraction of sp³-hybridized carbons (Fsp3) is 0.444. The van der Waals surface area contributed by atoms with Gasteiger partial charge in [0.15, 0.2) is 0 Å². The minimum absolute atomic E-state index is 0.137. The van der Waals surface area contributed by atoms with Crippen LogP contribution >= 0.6 is 0 Å². The van der Waals surface area contributed by atoms with Crippen molar-refractivity contribution in [2.24, 2.45) is 0 Å². The van der Waals surface area contributed by atoms with Gasteiger partial charge >= 0.3 is 0 Å². The molecule has 0 radical (unpaired) electrons. The molecule has 120 valence electrons. The highest BCUT2D eigenvalue weighted by molar-refractivity contribution is 5.51. The molecule has 0 N–H and O–H groups in total. The number of allylic oxidation sites excluding steroid dienone is 3. The number of nitro benzene ring substituents is 1. The number of hydrogen-bond donors (Lipinski definition) is 0. The van der Waals surface area contributed by atoms with Crippen molar-refractivity contribution in [3.63, 3.8) is 0 Å². The van der Waals surface area contributed by atoms with Crippen molar-refractivity contribution in [3.8, 4) is 5.75 Å². The van der Waals surface area contributed by atoms with Gasteiger partial charge in [0.25, 0.3) is 5.69 Å². The van der Waals surface area contributed by atoms with Gasteiger partial charge in [0, 0.05) is 17.2 Å². The molecular weight excluding hydrogens is 278 g/mol. The molecule has 0 fully saturated rings. The van der Waals surface area contributed by atoms with E-state index < -0.39 is 0 Å². The van der Waals surface area contributed by atoms with Gasteiger partial charge in [-0.1, -0.05) is 17.2 Å². The molecule has 0 spiro atoms. The van der Waals surface area contributed by atoms with Crippen LogP contribution in [0.25, 0.3) is 0 Å². The zero-order valence-corrected chi connectivity index (χ0v) is 14.1. The second kappa shape index (κ2) is 8.37. The van der Waals surface area contributed by atoms with Crippen LogP contribution in [0.1, 0.15) is 44.7 Å². The molecule has 0 aliphatic carbocycles. The Morgan fingerprint density at radius 3 is 2.45 bits per heavy atom. The molecule has 4 nitrogen and oxygen atoms in total. The van der Waals surface area contributed by atoms with E-state index in [-0.39, 0.29) is 10.6 Å². The van der Waals surface area contributed by atoms with Crippen molar-refractivity contribution in [2.75, 3.05) is 6.61 Å². The highest BCUT2D eigenvalue weighted by Gasteiger charge is 2.14. The molecular formula is C18H25NO3. The van der Waals surface area contributed by atoms with Crippen LogP contribution in [0.5, 0.6) is 5.75 Å². The third-order valence-corrected chi connectivity index (χ3v) is 3.67. The Labute approximate surface area is 132 Å². The van der Waals surface area contributed by atoms with Crippen molar-refractivity contribution < 1.29 is 9.66 Å². The van der Waals surface area contributed by atoms with Gasteiger partial charge in [0.1, 0.15) is 12.4 Å². The van der Waals surface area contributed by atoms with Gasteiger partial charge in [0.2, 0.25) is 0 Å². The number of hydrogen-bond acceptors (Lipinski definition) is 3. The lowest BCUT2D eigenvalue weighted by Gasteiger charge is -2.10. The Bertz CT molecular complexity index is 597. The van der Waals surface area contributed by atoms with Gasteiger partial charge < -0.3 is 4.74 Å². The van der Waals surface area contributed by atoms with E-state index in [4.69, 9.17) is 4.74 Å². The second-order valence-electron chi connectivity index (χ2n) is 5.77. The molecule has 4 heteroatoms. The van der Waals surface area contributed by atoms with Crippen LogP contribution in [0.2, 0.25) is 0 Å². The third-order valence-electron chi connectivity index (χ3n) is 3.67. The maximum Gasteiger partial charge on any atom is 0.272 e. The molecule has 0 amide bonds. The minimum Gasteiger partial charge on any atom is -0.489 e. The predicted molar refractivity (Wildman–Crippen MR) is 90.5 cm³/mol. The summed E-state index contributed by atoms with van der Waals surface area (Å²) in [6, 6.07) is 3.18. The Morgan fingerprint density at radius 1 is 1.18 bits per heavy atom. The third kappa shape index (κ3) is 5.35. The van der Waals surface area contributed by atoms with Gasteiger partial charge in [-0.15, -0.1) is 0 Å². The lowest BCUT2D eigenvalue weighted by atomic mass is 10.1. The van der Waals surface area contributed by atoms with Crippen LogP contribution in [-0.2, 0) is 0 Å². The summed E-state index contributed by atoms with van der Waals surface area (Å²) in [6.45, 7) is 10.4. The summed E-state index contributed by atoms with van der Waals surface area (Å²) < 4.78 is 5.74. The number of benzene rings is 1. The van der Waals surface area contributed by atoms with E-state index in [1.807, 2.05) is 6.92 Å². The topological polar surface area (TPSA) is 52.4 Å². The van der Waals surface area contributed by atoms with E-state index in [9.17, 15) is 10.1 Å². The lowest BCUT2D eigenvalue weighted by Crippen LogP contribution is -2.00. The standard InChI is InChI=1S/C18H25NO3/c1-13(2)7-6-8-14(3)11-12-22-18-10-9-17(19(20)21)15(4)16(18)5/h7,9-11H,6,8,12H2,1-5H3. The molecule has 0 atom stereocenters. The summed E-state index contributed by atoms with van der Waals surface area (Å²) in [5.74, 6) is 0.705. The summed E-state index contributed by atoms with van der Waals surface area (Å²) in [5.41, 5.74) is 4.24. The smallest absolute Gasteiger partial charge is 0.272 e. The van der Waals surface area contributed by atoms with Gasteiger partial charge in [-0.25, -0.2) is 0 Å². The molecule has 1 rings (SSSR count). The summed E-state index contributed by atoms with van der Waals surface area (Å²) in [7, 11) is 0. The highest BCUT2D eigenvalue weighted by atomic mass is 16.6. The first-order valence-corrected chi connectivity index (χ1v) is 7.49. The maximum atomic E-state index is 10.9. The molecule has 0 aromatic heterocycles. The summed E-state index contributed by atoms with van der Waals surface area (Å²) in [5, 5.41) is 10.9. The number of nitrogens with zero attached hydrogens (tertiary/aromatic N) is 1. The number of rotatable bonds is 7. The summed E-state index contributed by atoms with van der Waals surface area (Å²) in [4.78, 5) is 10.5. The molecule has 0 heterocycles. The SMILES string of the molecule is CC(C)=CCCC(C)=CCOc1ccc([N+](=O)[O-])c(C)c1C. The summed E-state index contributed by atoms with van der Waals surface area (Å²) >= 11 is 0. The summed E-state index contributed by atoms with van der Waals surface area (Å²) in [6.07, 6.45) is 6.35. The van der Waals surface area contributed by atoms with E-state index in [1.54, 1.807) is 13.0 Å². The van der Waals surface area contributed by atoms with Crippen LogP contribution in [0.3, 0.4) is 0 Å². The van der Waals surface area contributed by atoms with E-state index in [0.29, 0.717) is 17.9 Å². The van der Waals surface area contributed by atoms with E-state index in [1.165, 1.54) is 17.2 Å². The van der Waals surface area contributed by atoms with Gasteiger partial charge in [-0.2, -0.15) is 0 Å². The molecule has 0 bridgehead atoms. The van der Waals surface area contributed by atoms with Crippen LogP contribution in [0, 0.1) is 24.0 Å². The van der Waals surface area contributed by atoms with Crippen molar-refractivity contribution in [3.05, 3.63) is 56.7 Å². The van der Waals surface area contributed by atoms with Gasteiger partial charge in [-0.05, 0) is 59.6 Å². The first-order chi connectivity index (χ1) is 10.3. The largest absolute Gasteiger partial charge is 0.489 e. The van der Waals surface area contributed by atoms with E-state index in [0.717, 1.165) is 18.4 Å². The minimum atomic E-state index is -0.362. The Kier molecular flexibility index (Phi) is 6.83. The Morgan fingerprint density at radius 2 is 1.86 bits per heavy atom. The molecule has 0 unspecified atom stereocenters. The predicted octanol–water partition coefficient (Wildman–Crippen LogP) is 5.28. The molecule has 0 aliphatic heterocycles. The van der Waals surface area contributed by atoms with Crippen molar-refractivity contribution in [1.29, 1.82) is 0 Å². The first kappa shape index (κ1) is 18.0. The quantitative estimate of drug-likeness (QED) is 0.391. The number of ether oxygens (including phenoxy) is 1. The molecule has 1 aromatic carbocycles. The van der Waals surface area contributed by atoms with Crippen molar-refractivity contribution >= 4 is 5.69 Å². The second-order valence-corrected chi connectivity index (χ2v) is 5.77. The fourth-order valence-corrected chi connectivity index (χ4v) is 2.10. The van der Waals surface area contributed by atoms with Crippen molar-refractivity contribution in [1.82, 2.24) is 0 Å². The van der Waals surface area contributed by atoms with Gasteiger partial charge in [-0.3, -0.25) is 10.1 Å². The van der Waals surface area contributed by atoms with Crippen LogP contribution in [-0.4, -0.2) is 11.5 Å². The molecule has 1 aromatic rings. The normalized spacial score (nSPS) is 11.2.